The Balaban J connectivity index is 2.55. The lowest BCUT2D eigenvalue weighted by Gasteiger charge is -2.06. The second-order valence-electron chi connectivity index (χ2n) is 3.59. The Morgan fingerprint density at radius 1 is 1.47 bits per heavy atom. The van der Waals surface area contributed by atoms with E-state index < -0.39 is 0 Å². The van der Waals surface area contributed by atoms with Crippen LogP contribution in [0.3, 0.4) is 0 Å². The van der Waals surface area contributed by atoms with Crippen LogP contribution in [0.15, 0.2) is 22.8 Å². The van der Waals surface area contributed by atoms with Crippen LogP contribution in [0.25, 0.3) is 0 Å². The van der Waals surface area contributed by atoms with Crippen LogP contribution in [0.2, 0.25) is 5.02 Å². The molecule has 0 fully saturated rings. The van der Waals surface area contributed by atoms with Crippen LogP contribution in [0, 0.1) is 6.92 Å². The molecule has 88 valence electrons. The van der Waals surface area contributed by atoms with Gasteiger partial charge < -0.3 is 0 Å². The van der Waals surface area contributed by atoms with Crippen LogP contribution in [0.5, 0.6) is 0 Å². The quantitative estimate of drug-likeness (QED) is 0.801. The first-order valence-corrected chi connectivity index (χ1v) is 6.04. The zero-order chi connectivity index (χ0) is 12.6. The van der Waals surface area contributed by atoms with Gasteiger partial charge in [-0.25, -0.2) is 4.68 Å². The maximum absolute atomic E-state index is 12.3. The number of halogens is 2. The van der Waals surface area contributed by atoms with Crippen LogP contribution >= 0.6 is 27.5 Å². The van der Waals surface area contributed by atoms with Crippen molar-refractivity contribution < 1.29 is 4.79 Å². The number of carbonyl (C=O) groups excluding carboxylic acids is 1. The minimum Gasteiger partial charge on any atom is -0.287 e. The van der Waals surface area contributed by atoms with Crippen molar-refractivity contribution in [3.8, 4) is 0 Å². The number of ketones is 1. The molecule has 0 spiro atoms. The maximum atomic E-state index is 12.3. The van der Waals surface area contributed by atoms with E-state index in [2.05, 4.69) is 26.2 Å². The smallest absolute Gasteiger partial charge is 0.214 e. The Labute approximate surface area is 112 Å². The molecule has 0 unspecified atom stereocenters. The second kappa shape index (κ2) is 4.58. The second-order valence-corrected chi connectivity index (χ2v) is 4.75. The Morgan fingerprint density at radius 3 is 2.76 bits per heavy atom. The molecule has 2 rings (SSSR count). The van der Waals surface area contributed by atoms with Gasteiger partial charge in [0.2, 0.25) is 5.78 Å². The normalized spacial score (nSPS) is 10.6. The molecule has 0 aliphatic carbocycles. The minimum atomic E-state index is -0.149. The molecule has 1 aromatic heterocycles. The summed E-state index contributed by atoms with van der Waals surface area (Å²) in [6.07, 6.45) is 0. The molecule has 0 saturated heterocycles. The van der Waals surface area contributed by atoms with Crippen LogP contribution in [0.1, 0.15) is 21.6 Å². The first-order chi connectivity index (χ1) is 8.02. The van der Waals surface area contributed by atoms with Gasteiger partial charge in [0.25, 0.3) is 0 Å². The molecule has 17 heavy (non-hydrogen) atoms. The van der Waals surface area contributed by atoms with Gasteiger partial charge in [0.05, 0.1) is 0 Å². The molecular weight excluding hydrogens is 305 g/mol. The third-order valence-corrected chi connectivity index (χ3v) is 3.46. The first-order valence-electron chi connectivity index (χ1n) is 4.87. The standard InChI is InChI=1S/C11H9BrClN3O/c1-6-7(4-3-5-8(6)13)10(17)9-11(12)14-15-16(9)2/h3-5H,1-2H3. The number of carbonyl (C=O) groups is 1. The van der Waals surface area contributed by atoms with Crippen molar-refractivity contribution in [1.82, 2.24) is 15.0 Å². The van der Waals surface area contributed by atoms with E-state index in [-0.39, 0.29) is 5.78 Å². The highest BCUT2D eigenvalue weighted by Crippen LogP contribution is 2.23. The summed E-state index contributed by atoms with van der Waals surface area (Å²) in [7, 11) is 1.67. The lowest BCUT2D eigenvalue weighted by Crippen LogP contribution is -2.10. The molecule has 2 aromatic rings. The van der Waals surface area contributed by atoms with Gasteiger partial charge in [0, 0.05) is 17.6 Å². The average molecular weight is 315 g/mol. The van der Waals surface area contributed by atoms with Gasteiger partial charge >= 0.3 is 0 Å². The SMILES string of the molecule is Cc1c(Cl)cccc1C(=O)c1c(Br)nnn1C. The molecule has 0 bridgehead atoms. The van der Waals surface area contributed by atoms with Crippen molar-refractivity contribution in [3.63, 3.8) is 0 Å². The molecule has 0 amide bonds. The highest BCUT2D eigenvalue weighted by molar-refractivity contribution is 9.10. The number of hydrogen-bond acceptors (Lipinski definition) is 3. The largest absolute Gasteiger partial charge is 0.287 e. The average Bonchev–Trinajstić information content (AvgIpc) is 2.62. The van der Waals surface area contributed by atoms with Crippen LogP contribution < -0.4 is 0 Å². The lowest BCUT2D eigenvalue weighted by atomic mass is 10.0. The number of aryl methyl sites for hydroxylation is 1. The highest BCUT2D eigenvalue weighted by atomic mass is 79.9. The summed E-state index contributed by atoms with van der Waals surface area (Å²) in [6, 6.07) is 5.24. The van der Waals surface area contributed by atoms with Crippen LogP contribution in [-0.4, -0.2) is 20.8 Å². The number of benzene rings is 1. The van der Waals surface area contributed by atoms with Crippen LogP contribution in [0.4, 0.5) is 0 Å². The fourth-order valence-electron chi connectivity index (χ4n) is 1.55. The van der Waals surface area contributed by atoms with Gasteiger partial charge in [-0.3, -0.25) is 4.79 Å². The predicted octanol–water partition coefficient (Wildman–Crippen LogP) is 2.77. The van der Waals surface area contributed by atoms with E-state index in [0.29, 0.717) is 20.9 Å². The zero-order valence-corrected chi connectivity index (χ0v) is 11.6. The summed E-state index contributed by atoms with van der Waals surface area (Å²) in [5.41, 5.74) is 1.73. The van der Waals surface area contributed by atoms with Crippen molar-refractivity contribution in [2.45, 2.75) is 6.92 Å². The van der Waals surface area contributed by atoms with E-state index in [0.717, 1.165) is 5.56 Å². The predicted molar refractivity (Wildman–Crippen MR) is 68.3 cm³/mol. The van der Waals surface area contributed by atoms with E-state index in [1.165, 1.54) is 4.68 Å². The third-order valence-electron chi connectivity index (χ3n) is 2.51. The minimum absolute atomic E-state index is 0.149. The molecule has 0 aliphatic heterocycles. The topological polar surface area (TPSA) is 47.8 Å². The van der Waals surface area contributed by atoms with Gasteiger partial charge in [0.15, 0.2) is 4.60 Å². The summed E-state index contributed by atoms with van der Waals surface area (Å²) in [5, 5.41) is 8.14. The fraction of sp³-hybridized carbons (Fsp3) is 0.182. The van der Waals surface area contributed by atoms with E-state index in [4.69, 9.17) is 11.6 Å². The van der Waals surface area contributed by atoms with Crippen LogP contribution in [-0.2, 0) is 7.05 Å². The number of rotatable bonds is 2. The molecule has 0 atom stereocenters. The third kappa shape index (κ3) is 2.12. The van der Waals surface area contributed by atoms with Gasteiger partial charge in [-0.2, -0.15) is 0 Å². The molecule has 6 heteroatoms. The monoisotopic (exact) mass is 313 g/mol. The summed E-state index contributed by atoms with van der Waals surface area (Å²) < 4.78 is 1.87. The molecule has 0 aliphatic rings. The highest BCUT2D eigenvalue weighted by Gasteiger charge is 2.20. The van der Waals surface area contributed by atoms with E-state index in [9.17, 15) is 4.79 Å². The summed E-state index contributed by atoms with van der Waals surface area (Å²) in [4.78, 5) is 12.3. The van der Waals surface area contributed by atoms with Crippen molar-refractivity contribution in [2.75, 3.05) is 0 Å². The number of nitrogens with zero attached hydrogens (tertiary/aromatic N) is 3. The molecule has 0 N–H and O–H groups in total. The fourth-order valence-corrected chi connectivity index (χ4v) is 2.24. The Hall–Kier alpha value is -1.20. The van der Waals surface area contributed by atoms with E-state index in [1.807, 2.05) is 6.92 Å². The summed E-state index contributed by atoms with van der Waals surface area (Å²) in [5.74, 6) is -0.149. The van der Waals surface area contributed by atoms with Gasteiger partial charge in [-0.1, -0.05) is 28.9 Å². The number of aromatic nitrogens is 3. The molecule has 1 aromatic carbocycles. The molecule has 0 radical (unpaired) electrons. The van der Waals surface area contributed by atoms with Crippen molar-refractivity contribution in [3.05, 3.63) is 44.6 Å². The molecule has 4 nitrogen and oxygen atoms in total. The zero-order valence-electron chi connectivity index (χ0n) is 9.24. The molecular formula is C11H9BrClN3O. The van der Waals surface area contributed by atoms with Gasteiger partial charge in [-0.15, -0.1) is 5.10 Å². The Bertz CT molecular complexity index is 575. The van der Waals surface area contributed by atoms with Crippen molar-refractivity contribution >= 4 is 33.3 Å². The Kier molecular flexibility index (Phi) is 3.31. The number of hydrogen-bond donors (Lipinski definition) is 0. The van der Waals surface area contributed by atoms with Crippen molar-refractivity contribution in [2.24, 2.45) is 7.05 Å². The maximum Gasteiger partial charge on any atom is 0.214 e. The van der Waals surface area contributed by atoms with Gasteiger partial charge in [0.1, 0.15) is 5.69 Å². The molecule has 0 saturated carbocycles. The van der Waals surface area contributed by atoms with E-state index in [1.54, 1.807) is 25.2 Å². The molecule has 1 heterocycles. The van der Waals surface area contributed by atoms with Gasteiger partial charge in [-0.05, 0) is 34.5 Å². The summed E-state index contributed by atoms with van der Waals surface area (Å²) in [6.45, 7) is 1.81. The summed E-state index contributed by atoms with van der Waals surface area (Å²) >= 11 is 9.21. The first kappa shape index (κ1) is 12.3. The lowest BCUT2D eigenvalue weighted by molar-refractivity contribution is 0.102. The Morgan fingerprint density at radius 2 is 2.18 bits per heavy atom. The van der Waals surface area contributed by atoms with E-state index >= 15 is 0 Å². The van der Waals surface area contributed by atoms with Crippen molar-refractivity contribution in [1.29, 1.82) is 0 Å².